The van der Waals surface area contributed by atoms with Crippen molar-refractivity contribution in [3.05, 3.63) is 16.1 Å². The Hall–Kier alpha value is -1.23. The first-order valence-electron chi connectivity index (χ1n) is 5.36. The third kappa shape index (κ3) is 2.39. The van der Waals surface area contributed by atoms with E-state index in [4.69, 9.17) is 14.2 Å². The van der Waals surface area contributed by atoms with Crippen LogP contribution < -0.4 is 14.2 Å². The van der Waals surface area contributed by atoms with Crippen LogP contribution in [0.2, 0.25) is 0 Å². The maximum absolute atomic E-state index is 10.5. The molecule has 0 amide bonds. The largest absolute Gasteiger partial charge is 0.495 e. The lowest BCUT2D eigenvalue weighted by Gasteiger charge is -2.23. The van der Waals surface area contributed by atoms with Gasteiger partial charge in [0.05, 0.1) is 11.6 Å². The molecule has 0 bridgehead atoms. The molecular weight excluding hydrogens is 288 g/mol. The molecule has 0 saturated carbocycles. The fourth-order valence-corrected chi connectivity index (χ4v) is 2.46. The number of carbonyl (C=O) groups is 1. The van der Waals surface area contributed by atoms with E-state index < -0.39 is 0 Å². The van der Waals surface area contributed by atoms with E-state index in [1.54, 1.807) is 7.11 Å². The van der Waals surface area contributed by atoms with Gasteiger partial charge in [-0.3, -0.25) is 0 Å². The Morgan fingerprint density at radius 2 is 2.24 bits per heavy atom. The van der Waals surface area contributed by atoms with Crippen LogP contribution in [0.5, 0.6) is 17.2 Å². The van der Waals surface area contributed by atoms with E-state index in [9.17, 15) is 4.79 Å². The fraction of sp³-hybridized carbons (Fsp3) is 0.417. The Kier molecular flexibility index (Phi) is 3.89. The maximum Gasteiger partial charge on any atom is 0.168 e. The Bertz CT molecular complexity index is 431. The summed E-state index contributed by atoms with van der Waals surface area (Å²) in [5, 5.41) is 0. The maximum atomic E-state index is 10.5. The Morgan fingerprint density at radius 1 is 1.47 bits per heavy atom. The van der Waals surface area contributed by atoms with Gasteiger partial charge in [-0.15, -0.1) is 0 Å². The van der Waals surface area contributed by atoms with E-state index in [0.29, 0.717) is 43.3 Å². The number of aldehydes is 1. The molecule has 0 spiro atoms. The van der Waals surface area contributed by atoms with Crippen LogP contribution in [0, 0.1) is 0 Å². The summed E-state index contributed by atoms with van der Waals surface area (Å²) in [6.45, 7) is 1.06. The second-order valence-electron chi connectivity index (χ2n) is 3.60. The molecule has 0 unspecified atom stereocenters. The van der Waals surface area contributed by atoms with Crippen LogP contribution in [0.25, 0.3) is 0 Å². The number of hydrogen-bond acceptors (Lipinski definition) is 4. The molecule has 4 nitrogen and oxygen atoms in total. The van der Waals surface area contributed by atoms with Crippen molar-refractivity contribution in [1.82, 2.24) is 0 Å². The molecule has 0 aliphatic carbocycles. The van der Waals surface area contributed by atoms with Crippen molar-refractivity contribution in [3.8, 4) is 17.2 Å². The fourth-order valence-electron chi connectivity index (χ4n) is 1.85. The molecule has 92 valence electrons. The average Bonchev–Trinajstić information content (AvgIpc) is 2.35. The zero-order valence-corrected chi connectivity index (χ0v) is 11.1. The van der Waals surface area contributed by atoms with Gasteiger partial charge in [-0.25, -0.2) is 0 Å². The minimum absolute atomic E-state index is 0.433. The second-order valence-corrected chi connectivity index (χ2v) is 4.45. The van der Waals surface area contributed by atoms with Crippen molar-refractivity contribution in [2.24, 2.45) is 0 Å². The van der Waals surface area contributed by atoms with Crippen LogP contribution in [-0.2, 0) is 11.2 Å². The normalized spacial score (nSPS) is 13.3. The van der Waals surface area contributed by atoms with Crippen LogP contribution in [0.1, 0.15) is 12.0 Å². The smallest absolute Gasteiger partial charge is 0.168 e. The molecule has 1 aromatic rings. The molecule has 2 rings (SSSR count). The summed E-state index contributed by atoms with van der Waals surface area (Å²) < 4.78 is 17.3. The van der Waals surface area contributed by atoms with E-state index in [1.165, 1.54) is 0 Å². The predicted octanol–water partition coefficient (Wildman–Crippen LogP) is 2.36. The van der Waals surface area contributed by atoms with E-state index in [2.05, 4.69) is 15.9 Å². The highest BCUT2D eigenvalue weighted by Crippen LogP contribution is 2.44. The SMILES string of the molecule is COc1c(Br)cc2c(c1CCC=O)OCCO2. The Labute approximate surface area is 108 Å². The van der Waals surface area contributed by atoms with E-state index in [1.807, 2.05) is 6.07 Å². The number of halogens is 1. The van der Waals surface area contributed by atoms with Gasteiger partial charge in [0.25, 0.3) is 0 Å². The van der Waals surface area contributed by atoms with Crippen molar-refractivity contribution >= 4 is 22.2 Å². The molecule has 17 heavy (non-hydrogen) atoms. The second kappa shape index (κ2) is 5.40. The third-order valence-electron chi connectivity index (χ3n) is 2.55. The molecule has 0 radical (unpaired) electrons. The molecule has 0 aromatic heterocycles. The lowest BCUT2D eigenvalue weighted by atomic mass is 10.1. The van der Waals surface area contributed by atoms with Gasteiger partial charge in [0.2, 0.25) is 0 Å². The summed E-state index contributed by atoms with van der Waals surface area (Å²) in [5.74, 6) is 2.10. The van der Waals surface area contributed by atoms with E-state index in [0.717, 1.165) is 16.3 Å². The van der Waals surface area contributed by atoms with Gasteiger partial charge < -0.3 is 19.0 Å². The number of methoxy groups -OCH3 is 1. The molecule has 1 aliphatic rings. The summed E-state index contributed by atoms with van der Waals surface area (Å²) in [6, 6.07) is 1.83. The molecule has 5 heteroatoms. The number of rotatable bonds is 4. The molecule has 0 fully saturated rings. The lowest BCUT2D eigenvalue weighted by molar-refractivity contribution is -0.107. The number of ether oxygens (including phenoxy) is 3. The molecular formula is C12H13BrO4. The first kappa shape index (κ1) is 12.2. The molecule has 1 aromatic carbocycles. The number of benzene rings is 1. The summed E-state index contributed by atoms with van der Waals surface area (Å²) >= 11 is 3.43. The third-order valence-corrected chi connectivity index (χ3v) is 3.14. The molecule has 1 heterocycles. The van der Waals surface area contributed by atoms with Gasteiger partial charge >= 0.3 is 0 Å². The van der Waals surface area contributed by atoms with Crippen molar-refractivity contribution in [1.29, 1.82) is 0 Å². The molecule has 0 N–H and O–H groups in total. The van der Waals surface area contributed by atoms with Crippen LogP contribution in [0.15, 0.2) is 10.5 Å². The van der Waals surface area contributed by atoms with Gasteiger partial charge in [-0.05, 0) is 22.4 Å². The number of hydrogen-bond donors (Lipinski definition) is 0. The minimum Gasteiger partial charge on any atom is -0.495 e. The molecule has 0 atom stereocenters. The minimum atomic E-state index is 0.433. The quantitative estimate of drug-likeness (QED) is 0.801. The van der Waals surface area contributed by atoms with E-state index >= 15 is 0 Å². The zero-order chi connectivity index (χ0) is 12.3. The van der Waals surface area contributed by atoms with Crippen LogP contribution in [0.3, 0.4) is 0 Å². The van der Waals surface area contributed by atoms with Gasteiger partial charge in [0.15, 0.2) is 11.5 Å². The van der Waals surface area contributed by atoms with Crippen LogP contribution in [-0.4, -0.2) is 26.6 Å². The highest BCUT2D eigenvalue weighted by Gasteiger charge is 2.22. The highest BCUT2D eigenvalue weighted by atomic mass is 79.9. The summed E-state index contributed by atoms with van der Waals surface area (Å²) in [6.07, 6.45) is 1.90. The number of fused-ring (bicyclic) bond motifs is 1. The summed E-state index contributed by atoms with van der Waals surface area (Å²) in [5.41, 5.74) is 0.878. The van der Waals surface area contributed by atoms with Gasteiger partial charge in [-0.2, -0.15) is 0 Å². The molecule has 0 saturated heterocycles. The zero-order valence-electron chi connectivity index (χ0n) is 9.49. The van der Waals surface area contributed by atoms with Crippen molar-refractivity contribution < 1.29 is 19.0 Å². The lowest BCUT2D eigenvalue weighted by Crippen LogP contribution is -2.17. The van der Waals surface area contributed by atoms with Gasteiger partial charge in [-0.1, -0.05) is 0 Å². The summed E-state index contributed by atoms with van der Waals surface area (Å²) in [4.78, 5) is 10.5. The van der Waals surface area contributed by atoms with Crippen molar-refractivity contribution in [2.45, 2.75) is 12.8 Å². The first-order valence-corrected chi connectivity index (χ1v) is 6.15. The van der Waals surface area contributed by atoms with Gasteiger partial charge in [0, 0.05) is 18.1 Å². The predicted molar refractivity (Wildman–Crippen MR) is 66.1 cm³/mol. The van der Waals surface area contributed by atoms with E-state index in [-0.39, 0.29) is 0 Å². The molecule has 1 aliphatic heterocycles. The Balaban J connectivity index is 2.48. The van der Waals surface area contributed by atoms with Crippen LogP contribution >= 0.6 is 15.9 Å². The topological polar surface area (TPSA) is 44.8 Å². The number of carbonyl (C=O) groups excluding carboxylic acids is 1. The monoisotopic (exact) mass is 300 g/mol. The highest BCUT2D eigenvalue weighted by molar-refractivity contribution is 9.10. The van der Waals surface area contributed by atoms with Crippen molar-refractivity contribution in [3.63, 3.8) is 0 Å². The van der Waals surface area contributed by atoms with Gasteiger partial charge in [0.1, 0.15) is 25.2 Å². The first-order chi connectivity index (χ1) is 8.27. The standard InChI is InChI=1S/C12H13BrO4/c1-15-11-8(3-2-4-14)12-10(7-9(11)13)16-5-6-17-12/h4,7H,2-3,5-6H2,1H3. The average molecular weight is 301 g/mol. The van der Waals surface area contributed by atoms with Crippen molar-refractivity contribution in [2.75, 3.05) is 20.3 Å². The Morgan fingerprint density at radius 3 is 2.94 bits per heavy atom. The van der Waals surface area contributed by atoms with Crippen LogP contribution in [0.4, 0.5) is 0 Å². The summed E-state index contributed by atoms with van der Waals surface area (Å²) in [7, 11) is 1.60.